The van der Waals surface area contributed by atoms with Crippen LogP contribution in [0.15, 0.2) is 53.8 Å². The van der Waals surface area contributed by atoms with Crippen LogP contribution >= 0.6 is 0 Å². The molecule has 1 heterocycles. The van der Waals surface area contributed by atoms with E-state index in [4.69, 9.17) is 4.74 Å². The molecule has 0 spiro atoms. The topological polar surface area (TPSA) is 66.5 Å². The molecular weight excluding hydrogens is 309 g/mol. The molecule has 0 saturated carbocycles. The van der Waals surface area contributed by atoms with Crippen LogP contribution in [0.5, 0.6) is 5.75 Å². The van der Waals surface area contributed by atoms with E-state index in [9.17, 15) is 9.18 Å². The molecule has 0 atom stereocenters. The molecule has 0 saturated heterocycles. The maximum atomic E-state index is 13.0. The summed E-state index contributed by atoms with van der Waals surface area (Å²) in [6.07, 6.45) is 3.42. The SMILES string of the molecule is Cc1cc(F)ccc1OCC(=O)N/N=C/c1ccc2cc[nH]c2c1. The summed E-state index contributed by atoms with van der Waals surface area (Å²) in [6, 6.07) is 11.9. The van der Waals surface area contributed by atoms with Crippen molar-refractivity contribution in [3.8, 4) is 5.75 Å². The number of aromatic amines is 1. The van der Waals surface area contributed by atoms with E-state index in [0.717, 1.165) is 16.5 Å². The van der Waals surface area contributed by atoms with Gasteiger partial charge in [0.25, 0.3) is 5.91 Å². The third-order valence-electron chi connectivity index (χ3n) is 3.48. The number of rotatable bonds is 5. The Kier molecular flexibility index (Phi) is 4.56. The Morgan fingerprint density at radius 1 is 1.29 bits per heavy atom. The zero-order chi connectivity index (χ0) is 16.9. The highest BCUT2D eigenvalue weighted by atomic mass is 19.1. The molecule has 2 aromatic carbocycles. The summed E-state index contributed by atoms with van der Waals surface area (Å²) in [5.74, 6) is -0.267. The first kappa shape index (κ1) is 15.7. The van der Waals surface area contributed by atoms with Crippen LogP contribution in [0.1, 0.15) is 11.1 Å². The first-order chi connectivity index (χ1) is 11.6. The first-order valence-electron chi connectivity index (χ1n) is 7.40. The Bertz CT molecular complexity index is 902. The van der Waals surface area contributed by atoms with Gasteiger partial charge in [0.05, 0.1) is 6.21 Å². The third kappa shape index (κ3) is 3.78. The van der Waals surface area contributed by atoms with Gasteiger partial charge in [0.15, 0.2) is 6.61 Å². The maximum absolute atomic E-state index is 13.0. The van der Waals surface area contributed by atoms with Gasteiger partial charge >= 0.3 is 0 Å². The van der Waals surface area contributed by atoms with E-state index in [1.807, 2.05) is 30.5 Å². The number of carbonyl (C=O) groups excluding carboxylic acids is 1. The minimum atomic E-state index is -0.393. The minimum absolute atomic E-state index is 0.195. The van der Waals surface area contributed by atoms with Gasteiger partial charge in [0.1, 0.15) is 11.6 Å². The fourth-order valence-corrected chi connectivity index (χ4v) is 2.27. The lowest BCUT2D eigenvalue weighted by molar-refractivity contribution is -0.123. The molecule has 0 radical (unpaired) electrons. The molecule has 5 nitrogen and oxygen atoms in total. The monoisotopic (exact) mass is 325 g/mol. The van der Waals surface area contributed by atoms with Gasteiger partial charge in [-0.3, -0.25) is 4.79 Å². The maximum Gasteiger partial charge on any atom is 0.277 e. The van der Waals surface area contributed by atoms with E-state index in [1.165, 1.54) is 18.2 Å². The van der Waals surface area contributed by atoms with Gasteiger partial charge in [-0.25, -0.2) is 9.82 Å². The number of fused-ring (bicyclic) bond motifs is 1. The molecule has 6 heteroatoms. The van der Waals surface area contributed by atoms with E-state index >= 15 is 0 Å². The average Bonchev–Trinajstić information content (AvgIpc) is 3.02. The van der Waals surface area contributed by atoms with Crippen molar-refractivity contribution in [3.63, 3.8) is 0 Å². The van der Waals surface area contributed by atoms with Gasteiger partial charge in [0.2, 0.25) is 0 Å². The Labute approximate surface area is 138 Å². The Morgan fingerprint density at radius 3 is 3.00 bits per heavy atom. The highest BCUT2D eigenvalue weighted by molar-refractivity contribution is 5.89. The van der Waals surface area contributed by atoms with Crippen LogP contribution in [0.3, 0.4) is 0 Å². The molecule has 0 fully saturated rings. The number of hydrazone groups is 1. The third-order valence-corrected chi connectivity index (χ3v) is 3.48. The number of aryl methyl sites for hydroxylation is 1. The summed E-state index contributed by atoms with van der Waals surface area (Å²) in [7, 11) is 0. The highest BCUT2D eigenvalue weighted by Crippen LogP contribution is 2.18. The van der Waals surface area contributed by atoms with Crippen molar-refractivity contribution in [1.82, 2.24) is 10.4 Å². The number of carbonyl (C=O) groups is 1. The first-order valence-corrected chi connectivity index (χ1v) is 7.40. The summed E-state index contributed by atoms with van der Waals surface area (Å²) in [5.41, 5.74) is 4.89. The second kappa shape index (κ2) is 6.95. The number of ether oxygens (including phenoxy) is 1. The molecule has 0 aliphatic carbocycles. The van der Waals surface area contributed by atoms with Gasteiger partial charge in [-0.1, -0.05) is 12.1 Å². The molecule has 3 aromatic rings. The van der Waals surface area contributed by atoms with Crippen LogP contribution in [0, 0.1) is 12.7 Å². The fraction of sp³-hybridized carbons (Fsp3) is 0.111. The summed E-state index contributed by atoms with van der Waals surface area (Å²) in [5, 5.41) is 5.01. The highest BCUT2D eigenvalue weighted by Gasteiger charge is 2.05. The number of nitrogens with one attached hydrogen (secondary N) is 2. The molecule has 0 aliphatic rings. The van der Waals surface area contributed by atoms with Gasteiger partial charge in [0, 0.05) is 11.7 Å². The largest absolute Gasteiger partial charge is 0.483 e. The number of hydrogen-bond donors (Lipinski definition) is 2. The van der Waals surface area contributed by atoms with Crippen molar-refractivity contribution >= 4 is 23.0 Å². The number of hydrogen-bond acceptors (Lipinski definition) is 3. The van der Waals surface area contributed by atoms with E-state index in [0.29, 0.717) is 11.3 Å². The lowest BCUT2D eigenvalue weighted by Crippen LogP contribution is -2.24. The Morgan fingerprint density at radius 2 is 2.17 bits per heavy atom. The van der Waals surface area contributed by atoms with Gasteiger partial charge in [-0.05, 0) is 53.8 Å². The van der Waals surface area contributed by atoms with Crippen molar-refractivity contribution < 1.29 is 13.9 Å². The lowest BCUT2D eigenvalue weighted by Gasteiger charge is -2.07. The van der Waals surface area contributed by atoms with Crippen molar-refractivity contribution in [2.45, 2.75) is 6.92 Å². The van der Waals surface area contributed by atoms with Crippen molar-refractivity contribution in [1.29, 1.82) is 0 Å². The van der Waals surface area contributed by atoms with Crippen LogP contribution in [-0.4, -0.2) is 23.7 Å². The van der Waals surface area contributed by atoms with Crippen LogP contribution in [0.2, 0.25) is 0 Å². The minimum Gasteiger partial charge on any atom is -0.483 e. The average molecular weight is 325 g/mol. The van der Waals surface area contributed by atoms with Crippen molar-refractivity contribution in [3.05, 3.63) is 65.6 Å². The Balaban J connectivity index is 1.53. The molecule has 24 heavy (non-hydrogen) atoms. The number of amides is 1. The fourth-order valence-electron chi connectivity index (χ4n) is 2.27. The van der Waals surface area contributed by atoms with Gasteiger partial charge < -0.3 is 9.72 Å². The molecule has 3 rings (SSSR count). The van der Waals surface area contributed by atoms with Crippen LogP contribution in [0.25, 0.3) is 10.9 Å². The van der Waals surface area contributed by atoms with E-state index in [2.05, 4.69) is 15.5 Å². The van der Waals surface area contributed by atoms with Crippen LogP contribution in [-0.2, 0) is 4.79 Å². The molecular formula is C18H16FN3O2. The molecule has 1 amide bonds. The van der Waals surface area contributed by atoms with Crippen LogP contribution < -0.4 is 10.2 Å². The summed E-state index contributed by atoms with van der Waals surface area (Å²) in [6.45, 7) is 1.52. The van der Waals surface area contributed by atoms with Crippen LogP contribution in [0.4, 0.5) is 4.39 Å². The van der Waals surface area contributed by atoms with Gasteiger partial charge in [-0.2, -0.15) is 5.10 Å². The predicted octanol–water partition coefficient (Wildman–Crippen LogP) is 3.14. The number of aromatic nitrogens is 1. The lowest BCUT2D eigenvalue weighted by atomic mass is 10.2. The van der Waals surface area contributed by atoms with Gasteiger partial charge in [-0.15, -0.1) is 0 Å². The standard InChI is InChI=1S/C18H16FN3O2/c1-12-8-15(19)4-5-17(12)24-11-18(23)22-21-10-13-2-3-14-6-7-20-16(14)9-13/h2-10,20H,11H2,1H3,(H,22,23)/b21-10+. The Hall–Kier alpha value is -3.15. The zero-order valence-electron chi connectivity index (χ0n) is 13.0. The smallest absolute Gasteiger partial charge is 0.277 e. The summed E-state index contributed by atoms with van der Waals surface area (Å²) in [4.78, 5) is 14.8. The quantitative estimate of drug-likeness (QED) is 0.559. The van der Waals surface area contributed by atoms with E-state index in [-0.39, 0.29) is 12.4 Å². The molecule has 2 N–H and O–H groups in total. The second-order valence-corrected chi connectivity index (χ2v) is 5.32. The van der Waals surface area contributed by atoms with Crippen molar-refractivity contribution in [2.75, 3.05) is 6.61 Å². The molecule has 0 unspecified atom stereocenters. The molecule has 0 aliphatic heterocycles. The molecule has 122 valence electrons. The molecule has 0 bridgehead atoms. The summed E-state index contributed by atoms with van der Waals surface area (Å²) >= 11 is 0. The van der Waals surface area contributed by atoms with Crippen molar-refractivity contribution in [2.24, 2.45) is 5.10 Å². The zero-order valence-corrected chi connectivity index (χ0v) is 13.0. The number of nitrogens with zero attached hydrogens (tertiary/aromatic N) is 1. The molecule has 1 aromatic heterocycles. The number of H-pyrrole nitrogens is 1. The normalized spacial score (nSPS) is 11.1. The number of benzene rings is 2. The summed E-state index contributed by atoms with van der Waals surface area (Å²) < 4.78 is 18.3. The second-order valence-electron chi connectivity index (χ2n) is 5.32. The van der Waals surface area contributed by atoms with E-state index in [1.54, 1.807) is 13.1 Å². The van der Waals surface area contributed by atoms with E-state index < -0.39 is 5.91 Å². The predicted molar refractivity (Wildman–Crippen MR) is 90.7 cm³/mol. The number of halogens is 1.